The lowest BCUT2D eigenvalue weighted by Gasteiger charge is -2.29. The van der Waals surface area contributed by atoms with Crippen LogP contribution in [0.1, 0.15) is 12.8 Å². The molecule has 2 aromatic carbocycles. The van der Waals surface area contributed by atoms with Crippen molar-refractivity contribution in [2.75, 3.05) is 25.0 Å². The zero-order valence-electron chi connectivity index (χ0n) is 13.5. The van der Waals surface area contributed by atoms with E-state index in [-0.39, 0.29) is 12.0 Å². The van der Waals surface area contributed by atoms with Gasteiger partial charge in [0.05, 0.1) is 18.3 Å². The maximum atomic E-state index is 12.3. The normalized spacial score (nSPS) is 18.3. The number of β-amino-alcohol motifs (C(OH)–C–C–N with tert-alkyl or cyclic N) is 1. The second-order valence-corrected chi connectivity index (χ2v) is 7.11. The summed E-state index contributed by atoms with van der Waals surface area (Å²) >= 11 is 1.63. The number of aliphatic hydroxyl groups excluding tert-OH is 1. The summed E-state index contributed by atoms with van der Waals surface area (Å²) < 4.78 is 0. The van der Waals surface area contributed by atoms with Crippen LogP contribution in [0.5, 0.6) is 0 Å². The van der Waals surface area contributed by atoms with Gasteiger partial charge in [0, 0.05) is 16.3 Å². The summed E-state index contributed by atoms with van der Waals surface area (Å²) in [6.45, 7) is 1.76. The Morgan fingerprint density at radius 3 is 2.71 bits per heavy atom. The Kier molecular flexibility index (Phi) is 5.91. The van der Waals surface area contributed by atoms with Crippen molar-refractivity contribution in [3.63, 3.8) is 0 Å². The maximum absolute atomic E-state index is 12.3. The summed E-state index contributed by atoms with van der Waals surface area (Å²) in [4.78, 5) is 16.5. The quantitative estimate of drug-likeness (QED) is 0.876. The van der Waals surface area contributed by atoms with E-state index in [0.717, 1.165) is 34.9 Å². The molecule has 0 saturated carbocycles. The monoisotopic (exact) mass is 342 g/mol. The summed E-state index contributed by atoms with van der Waals surface area (Å²) in [6.07, 6.45) is 1.45. The number of anilines is 1. The molecule has 1 saturated heterocycles. The van der Waals surface area contributed by atoms with Crippen LogP contribution in [0.2, 0.25) is 0 Å². The third kappa shape index (κ3) is 4.84. The van der Waals surface area contributed by atoms with Gasteiger partial charge in [-0.05, 0) is 43.7 Å². The van der Waals surface area contributed by atoms with Crippen molar-refractivity contribution in [3.8, 4) is 0 Å². The molecule has 0 aliphatic carbocycles. The molecule has 1 aliphatic heterocycles. The number of nitrogens with zero attached hydrogens (tertiary/aromatic N) is 1. The highest BCUT2D eigenvalue weighted by atomic mass is 32.2. The molecule has 1 aliphatic rings. The van der Waals surface area contributed by atoms with E-state index in [1.807, 2.05) is 47.4 Å². The van der Waals surface area contributed by atoms with Gasteiger partial charge in [-0.2, -0.15) is 0 Å². The molecule has 1 unspecified atom stereocenters. The lowest BCUT2D eigenvalue weighted by atomic mass is 10.1. The first-order chi connectivity index (χ1) is 11.7. The van der Waals surface area contributed by atoms with Crippen molar-refractivity contribution < 1.29 is 9.90 Å². The number of para-hydroxylation sites is 1. The van der Waals surface area contributed by atoms with Gasteiger partial charge in [-0.3, -0.25) is 9.69 Å². The molecule has 5 heteroatoms. The predicted octanol–water partition coefficient (Wildman–Crippen LogP) is 3.23. The maximum Gasteiger partial charge on any atom is 0.238 e. The lowest BCUT2D eigenvalue weighted by molar-refractivity contribution is -0.118. The van der Waals surface area contributed by atoms with Crippen LogP contribution >= 0.6 is 11.8 Å². The molecule has 2 aromatic rings. The third-order valence-corrected chi connectivity index (χ3v) is 5.06. The Hall–Kier alpha value is -1.82. The minimum atomic E-state index is -0.313. The first-order valence-corrected chi connectivity index (χ1v) is 9.04. The smallest absolute Gasteiger partial charge is 0.238 e. The van der Waals surface area contributed by atoms with Crippen molar-refractivity contribution in [2.24, 2.45) is 0 Å². The Morgan fingerprint density at radius 2 is 1.92 bits per heavy atom. The summed E-state index contributed by atoms with van der Waals surface area (Å²) in [5.41, 5.74) is 0.828. The lowest BCUT2D eigenvalue weighted by Crippen LogP contribution is -2.42. The van der Waals surface area contributed by atoms with E-state index in [9.17, 15) is 9.90 Å². The molecule has 4 nitrogen and oxygen atoms in total. The predicted molar refractivity (Wildman–Crippen MR) is 97.3 cm³/mol. The molecular weight excluding hydrogens is 320 g/mol. The summed E-state index contributed by atoms with van der Waals surface area (Å²) in [7, 11) is 0. The largest absolute Gasteiger partial charge is 0.392 e. The van der Waals surface area contributed by atoms with E-state index in [1.54, 1.807) is 11.8 Å². The topological polar surface area (TPSA) is 52.6 Å². The number of nitrogens with one attached hydrogen (secondary N) is 1. The SMILES string of the molecule is O=C(CN1CCCC(O)C1)Nc1ccccc1Sc1ccccc1. The molecule has 0 spiro atoms. The van der Waals surface area contributed by atoms with Crippen LogP contribution in [0.25, 0.3) is 0 Å². The van der Waals surface area contributed by atoms with E-state index in [2.05, 4.69) is 17.4 Å². The fourth-order valence-corrected chi connectivity index (χ4v) is 3.76. The zero-order chi connectivity index (χ0) is 16.8. The number of aliphatic hydroxyl groups is 1. The zero-order valence-corrected chi connectivity index (χ0v) is 14.3. The molecule has 2 N–H and O–H groups in total. The summed E-state index contributed by atoms with van der Waals surface area (Å²) in [5, 5.41) is 12.7. The molecule has 24 heavy (non-hydrogen) atoms. The first kappa shape index (κ1) is 17.0. The van der Waals surface area contributed by atoms with E-state index >= 15 is 0 Å². The number of carbonyl (C=O) groups excluding carboxylic acids is 1. The molecule has 0 radical (unpaired) electrons. The van der Waals surface area contributed by atoms with Crippen LogP contribution < -0.4 is 5.32 Å². The average Bonchev–Trinajstić information content (AvgIpc) is 2.57. The van der Waals surface area contributed by atoms with Crippen molar-refractivity contribution >= 4 is 23.4 Å². The van der Waals surface area contributed by atoms with Crippen LogP contribution in [-0.2, 0) is 4.79 Å². The molecule has 1 atom stereocenters. The fraction of sp³-hybridized carbons (Fsp3) is 0.316. The van der Waals surface area contributed by atoms with Gasteiger partial charge in [0.2, 0.25) is 5.91 Å². The van der Waals surface area contributed by atoms with Crippen LogP contribution in [0.15, 0.2) is 64.4 Å². The van der Waals surface area contributed by atoms with Crippen molar-refractivity contribution in [3.05, 3.63) is 54.6 Å². The fourth-order valence-electron chi connectivity index (χ4n) is 2.84. The molecule has 1 fully saturated rings. The van der Waals surface area contributed by atoms with Gasteiger partial charge in [-0.25, -0.2) is 0 Å². The number of hydrogen-bond donors (Lipinski definition) is 2. The molecule has 1 heterocycles. The van der Waals surface area contributed by atoms with E-state index in [4.69, 9.17) is 0 Å². The van der Waals surface area contributed by atoms with Gasteiger partial charge < -0.3 is 10.4 Å². The average molecular weight is 342 g/mol. The number of likely N-dealkylation sites (tertiary alicyclic amines) is 1. The first-order valence-electron chi connectivity index (χ1n) is 8.23. The van der Waals surface area contributed by atoms with Gasteiger partial charge in [-0.1, -0.05) is 42.1 Å². The van der Waals surface area contributed by atoms with Crippen molar-refractivity contribution in [1.29, 1.82) is 0 Å². The van der Waals surface area contributed by atoms with Crippen LogP contribution in [-0.4, -0.2) is 41.7 Å². The molecule has 0 aromatic heterocycles. The summed E-state index contributed by atoms with van der Waals surface area (Å²) in [6, 6.07) is 17.9. The number of benzene rings is 2. The Bertz CT molecular complexity index is 678. The highest BCUT2D eigenvalue weighted by Crippen LogP contribution is 2.33. The van der Waals surface area contributed by atoms with Gasteiger partial charge in [0.25, 0.3) is 0 Å². The second kappa shape index (κ2) is 8.33. The minimum Gasteiger partial charge on any atom is -0.392 e. The van der Waals surface area contributed by atoms with Crippen molar-refractivity contribution in [1.82, 2.24) is 4.90 Å². The number of hydrogen-bond acceptors (Lipinski definition) is 4. The highest BCUT2D eigenvalue weighted by Gasteiger charge is 2.20. The minimum absolute atomic E-state index is 0.0368. The van der Waals surface area contributed by atoms with Gasteiger partial charge >= 0.3 is 0 Å². The standard InChI is InChI=1S/C19H22N2O2S/c22-15-7-6-12-21(13-15)14-19(23)20-17-10-4-5-11-18(17)24-16-8-2-1-3-9-16/h1-5,8-11,15,22H,6-7,12-14H2,(H,20,23). The molecule has 0 bridgehead atoms. The number of rotatable bonds is 5. The van der Waals surface area contributed by atoms with Crippen LogP contribution in [0.3, 0.4) is 0 Å². The number of amides is 1. The van der Waals surface area contributed by atoms with E-state index < -0.39 is 0 Å². The molecule has 1 amide bonds. The molecule has 126 valence electrons. The van der Waals surface area contributed by atoms with Crippen LogP contribution in [0, 0.1) is 0 Å². The Morgan fingerprint density at radius 1 is 1.17 bits per heavy atom. The summed E-state index contributed by atoms with van der Waals surface area (Å²) in [5.74, 6) is -0.0368. The second-order valence-electron chi connectivity index (χ2n) is 5.99. The van der Waals surface area contributed by atoms with E-state index in [0.29, 0.717) is 13.1 Å². The highest BCUT2D eigenvalue weighted by molar-refractivity contribution is 7.99. The van der Waals surface area contributed by atoms with E-state index in [1.165, 1.54) is 0 Å². The van der Waals surface area contributed by atoms with Crippen LogP contribution in [0.4, 0.5) is 5.69 Å². The Balaban J connectivity index is 1.63. The number of piperidine rings is 1. The van der Waals surface area contributed by atoms with Gasteiger partial charge in [0.15, 0.2) is 0 Å². The number of carbonyl (C=O) groups is 1. The van der Waals surface area contributed by atoms with Crippen molar-refractivity contribution in [2.45, 2.75) is 28.7 Å². The molecule has 3 rings (SSSR count). The molecular formula is C19H22N2O2S. The third-order valence-electron chi connectivity index (χ3n) is 3.98. The Labute approximate surface area is 146 Å². The van der Waals surface area contributed by atoms with Gasteiger partial charge in [-0.15, -0.1) is 0 Å². The van der Waals surface area contributed by atoms with Gasteiger partial charge in [0.1, 0.15) is 0 Å².